The van der Waals surface area contributed by atoms with Crippen molar-refractivity contribution in [3.8, 4) is 5.88 Å². The van der Waals surface area contributed by atoms with E-state index in [2.05, 4.69) is 26.0 Å². The zero-order valence-corrected chi connectivity index (χ0v) is 10.6. The standard InChI is InChI=1S/C9H7BrF3N3O2/c1-3-5(10)6-14-7(17)4(2-9(11,12)13)8(18)16(6)15-3/h18H,2H2,1H3,(H,14,17). The first kappa shape index (κ1) is 12.9. The number of H-pyrrole nitrogens is 1. The van der Waals surface area contributed by atoms with Crippen LogP contribution in [0.3, 0.4) is 0 Å². The van der Waals surface area contributed by atoms with Gasteiger partial charge in [-0.3, -0.25) is 4.79 Å². The molecule has 18 heavy (non-hydrogen) atoms. The van der Waals surface area contributed by atoms with Crippen LogP contribution in [0.15, 0.2) is 9.27 Å². The molecule has 2 aromatic heterocycles. The minimum absolute atomic E-state index is 0.112. The van der Waals surface area contributed by atoms with Gasteiger partial charge in [-0.2, -0.15) is 22.8 Å². The summed E-state index contributed by atoms with van der Waals surface area (Å²) in [7, 11) is 0. The van der Waals surface area contributed by atoms with Gasteiger partial charge in [-0.15, -0.1) is 0 Å². The van der Waals surface area contributed by atoms with E-state index in [0.29, 0.717) is 10.2 Å². The number of hydrogen-bond acceptors (Lipinski definition) is 3. The number of aromatic nitrogens is 3. The molecule has 0 bridgehead atoms. The van der Waals surface area contributed by atoms with E-state index in [1.165, 1.54) is 0 Å². The highest BCUT2D eigenvalue weighted by atomic mass is 79.9. The van der Waals surface area contributed by atoms with Gasteiger partial charge in [0.05, 0.1) is 22.2 Å². The van der Waals surface area contributed by atoms with Crippen LogP contribution in [0.2, 0.25) is 0 Å². The van der Waals surface area contributed by atoms with Crippen molar-refractivity contribution in [2.24, 2.45) is 0 Å². The predicted molar refractivity (Wildman–Crippen MR) is 59.7 cm³/mol. The molecule has 2 rings (SSSR count). The van der Waals surface area contributed by atoms with E-state index in [-0.39, 0.29) is 5.65 Å². The maximum atomic E-state index is 12.3. The minimum Gasteiger partial charge on any atom is -0.493 e. The lowest BCUT2D eigenvalue weighted by atomic mass is 10.2. The molecule has 98 valence electrons. The van der Waals surface area contributed by atoms with Crippen LogP contribution in [0.5, 0.6) is 5.88 Å². The van der Waals surface area contributed by atoms with Gasteiger partial charge in [0.25, 0.3) is 5.56 Å². The van der Waals surface area contributed by atoms with Gasteiger partial charge in [0.2, 0.25) is 5.88 Å². The molecule has 0 spiro atoms. The third kappa shape index (κ3) is 2.09. The number of aryl methyl sites for hydroxylation is 1. The quantitative estimate of drug-likeness (QED) is 0.841. The SMILES string of the molecule is Cc1nn2c(O)c(CC(F)(F)F)c(=O)[nH]c2c1Br. The number of aromatic hydroxyl groups is 1. The molecular weight excluding hydrogens is 319 g/mol. The molecule has 2 heterocycles. The fraction of sp³-hybridized carbons (Fsp3) is 0.333. The molecule has 0 amide bonds. The number of rotatable bonds is 1. The topological polar surface area (TPSA) is 70.4 Å². The smallest absolute Gasteiger partial charge is 0.393 e. The lowest BCUT2D eigenvalue weighted by Crippen LogP contribution is -2.22. The lowest BCUT2D eigenvalue weighted by Gasteiger charge is -2.08. The highest BCUT2D eigenvalue weighted by Gasteiger charge is 2.32. The van der Waals surface area contributed by atoms with Crippen molar-refractivity contribution in [1.82, 2.24) is 14.6 Å². The maximum absolute atomic E-state index is 12.3. The van der Waals surface area contributed by atoms with Gasteiger partial charge in [0.1, 0.15) is 0 Å². The Bertz CT molecular complexity index is 674. The molecule has 0 aliphatic heterocycles. The Morgan fingerprint density at radius 2 is 2.11 bits per heavy atom. The second kappa shape index (κ2) is 4.01. The molecule has 0 radical (unpaired) electrons. The van der Waals surface area contributed by atoms with Crippen molar-refractivity contribution in [1.29, 1.82) is 0 Å². The third-order valence-electron chi connectivity index (χ3n) is 2.34. The first-order chi connectivity index (χ1) is 8.20. The van der Waals surface area contributed by atoms with Crippen molar-refractivity contribution in [2.75, 3.05) is 0 Å². The Hall–Kier alpha value is -1.51. The van der Waals surface area contributed by atoms with Crippen LogP contribution >= 0.6 is 15.9 Å². The monoisotopic (exact) mass is 325 g/mol. The average molecular weight is 326 g/mol. The Morgan fingerprint density at radius 1 is 1.50 bits per heavy atom. The zero-order valence-electron chi connectivity index (χ0n) is 8.97. The van der Waals surface area contributed by atoms with Gasteiger partial charge in [-0.25, -0.2) is 0 Å². The highest BCUT2D eigenvalue weighted by Crippen LogP contribution is 2.27. The van der Waals surface area contributed by atoms with E-state index in [4.69, 9.17) is 0 Å². The first-order valence-corrected chi connectivity index (χ1v) is 5.55. The van der Waals surface area contributed by atoms with E-state index in [9.17, 15) is 23.1 Å². The van der Waals surface area contributed by atoms with E-state index in [1.807, 2.05) is 0 Å². The largest absolute Gasteiger partial charge is 0.493 e. The van der Waals surface area contributed by atoms with Gasteiger partial charge >= 0.3 is 6.18 Å². The molecule has 0 fully saturated rings. The number of halogens is 4. The Labute approximate surface area is 106 Å². The molecule has 0 atom stereocenters. The first-order valence-electron chi connectivity index (χ1n) is 4.76. The van der Waals surface area contributed by atoms with Gasteiger partial charge in [-0.1, -0.05) is 0 Å². The van der Waals surface area contributed by atoms with Crippen molar-refractivity contribution < 1.29 is 18.3 Å². The van der Waals surface area contributed by atoms with Gasteiger partial charge in [-0.05, 0) is 22.9 Å². The molecule has 0 aromatic carbocycles. The minimum atomic E-state index is -4.59. The number of hydrogen-bond donors (Lipinski definition) is 2. The van der Waals surface area contributed by atoms with Crippen LogP contribution in [0.25, 0.3) is 5.65 Å². The summed E-state index contributed by atoms with van der Waals surface area (Å²) in [4.78, 5) is 13.8. The fourth-order valence-corrected chi connectivity index (χ4v) is 1.89. The summed E-state index contributed by atoms with van der Waals surface area (Å²) in [5.41, 5.74) is -1.20. The molecule has 0 aliphatic rings. The summed E-state index contributed by atoms with van der Waals surface area (Å²) in [5.74, 6) is -0.806. The second-order valence-corrected chi connectivity index (χ2v) is 4.50. The van der Waals surface area contributed by atoms with Crippen molar-refractivity contribution >= 4 is 21.6 Å². The zero-order chi connectivity index (χ0) is 13.7. The molecule has 0 saturated carbocycles. The number of aromatic amines is 1. The second-order valence-electron chi connectivity index (χ2n) is 3.71. The summed E-state index contributed by atoms with van der Waals surface area (Å²) < 4.78 is 38.1. The van der Waals surface area contributed by atoms with E-state index >= 15 is 0 Å². The molecule has 0 saturated heterocycles. The number of fused-ring (bicyclic) bond motifs is 1. The summed E-state index contributed by atoms with van der Waals surface area (Å²) in [5, 5.41) is 13.5. The number of nitrogens with zero attached hydrogens (tertiary/aromatic N) is 2. The molecule has 2 N–H and O–H groups in total. The molecule has 9 heteroatoms. The van der Waals surface area contributed by atoms with Crippen LogP contribution < -0.4 is 5.56 Å². The third-order valence-corrected chi connectivity index (χ3v) is 3.29. The maximum Gasteiger partial charge on any atom is 0.393 e. The average Bonchev–Trinajstić information content (AvgIpc) is 2.51. The van der Waals surface area contributed by atoms with Crippen molar-refractivity contribution in [3.05, 3.63) is 26.1 Å². The van der Waals surface area contributed by atoms with E-state index < -0.39 is 29.6 Å². The fourth-order valence-electron chi connectivity index (χ4n) is 1.54. The summed E-state index contributed by atoms with van der Waals surface area (Å²) in [6.07, 6.45) is -6.10. The normalized spacial score (nSPS) is 12.3. The number of alkyl halides is 3. The summed E-state index contributed by atoms with van der Waals surface area (Å²) >= 11 is 3.12. The van der Waals surface area contributed by atoms with E-state index in [1.54, 1.807) is 6.92 Å². The summed E-state index contributed by atoms with van der Waals surface area (Å²) in [6.45, 7) is 1.58. The Balaban J connectivity index is 2.74. The predicted octanol–water partition coefficient (Wildman–Crippen LogP) is 1.90. The Morgan fingerprint density at radius 3 is 2.67 bits per heavy atom. The van der Waals surface area contributed by atoms with Gasteiger partial charge in [0, 0.05) is 0 Å². The van der Waals surface area contributed by atoms with Crippen LogP contribution in [0.1, 0.15) is 11.3 Å². The Kier molecular flexibility index (Phi) is 2.88. The van der Waals surface area contributed by atoms with Crippen LogP contribution in [-0.4, -0.2) is 25.9 Å². The number of nitrogens with one attached hydrogen (secondary N) is 1. The molecule has 0 unspecified atom stereocenters. The van der Waals surface area contributed by atoms with Crippen LogP contribution in [0.4, 0.5) is 13.2 Å². The van der Waals surface area contributed by atoms with Crippen molar-refractivity contribution in [3.63, 3.8) is 0 Å². The van der Waals surface area contributed by atoms with E-state index in [0.717, 1.165) is 4.52 Å². The van der Waals surface area contributed by atoms with Crippen LogP contribution in [-0.2, 0) is 6.42 Å². The molecule has 0 aliphatic carbocycles. The lowest BCUT2D eigenvalue weighted by molar-refractivity contribution is -0.127. The van der Waals surface area contributed by atoms with Gasteiger partial charge < -0.3 is 10.1 Å². The van der Waals surface area contributed by atoms with Gasteiger partial charge in [0.15, 0.2) is 5.65 Å². The van der Waals surface area contributed by atoms with Crippen LogP contribution in [0, 0.1) is 6.92 Å². The molecule has 2 aromatic rings. The highest BCUT2D eigenvalue weighted by molar-refractivity contribution is 9.10. The molecular formula is C9H7BrF3N3O2. The van der Waals surface area contributed by atoms with Crippen molar-refractivity contribution in [2.45, 2.75) is 19.5 Å². The summed E-state index contributed by atoms with van der Waals surface area (Å²) in [6, 6.07) is 0. The molecule has 5 nitrogen and oxygen atoms in total.